The zero-order chi connectivity index (χ0) is 17.1. The Labute approximate surface area is 145 Å². The lowest BCUT2D eigenvalue weighted by molar-refractivity contribution is 0.0953. The van der Waals surface area contributed by atoms with E-state index >= 15 is 0 Å². The Morgan fingerprint density at radius 3 is 2.64 bits per heavy atom. The summed E-state index contributed by atoms with van der Waals surface area (Å²) < 4.78 is 2.13. The first-order valence-electron chi connectivity index (χ1n) is 8.35. The normalized spacial score (nSPS) is 11.0. The molecule has 0 saturated carbocycles. The molecule has 0 aliphatic heterocycles. The van der Waals surface area contributed by atoms with Crippen molar-refractivity contribution in [2.75, 3.05) is 6.54 Å². The van der Waals surface area contributed by atoms with Crippen molar-refractivity contribution in [3.05, 3.63) is 72.7 Å². The molecule has 2 heterocycles. The van der Waals surface area contributed by atoms with Crippen molar-refractivity contribution in [3.8, 4) is 0 Å². The number of carbonyl (C=O) groups is 1. The average Bonchev–Trinajstić information content (AvgIpc) is 3.09. The summed E-state index contributed by atoms with van der Waals surface area (Å²) in [6.45, 7) is 1.41. The molecule has 0 spiro atoms. The molecule has 0 unspecified atom stereocenters. The number of carbonyl (C=O) groups excluding carboxylic acids is 1. The van der Waals surface area contributed by atoms with Crippen LogP contribution in [0.3, 0.4) is 0 Å². The van der Waals surface area contributed by atoms with Gasteiger partial charge in [0.2, 0.25) is 0 Å². The van der Waals surface area contributed by atoms with Crippen molar-refractivity contribution in [1.29, 1.82) is 0 Å². The minimum Gasteiger partial charge on any atom is -0.352 e. The van der Waals surface area contributed by atoms with Crippen LogP contribution in [-0.4, -0.2) is 27.0 Å². The zero-order valence-electron chi connectivity index (χ0n) is 13.7. The lowest BCUT2D eigenvalue weighted by Crippen LogP contribution is -2.25. The SMILES string of the molecule is O=C(NCCCn1cnc2cnc3ccccc3c21)c1ccccc1. The maximum absolute atomic E-state index is 12.1. The van der Waals surface area contributed by atoms with Gasteiger partial charge in [-0.2, -0.15) is 0 Å². The van der Waals surface area contributed by atoms with Crippen LogP contribution < -0.4 is 5.32 Å². The third-order valence-electron chi connectivity index (χ3n) is 4.25. The second-order valence-electron chi connectivity index (χ2n) is 5.92. The van der Waals surface area contributed by atoms with E-state index in [1.54, 1.807) is 0 Å². The summed E-state index contributed by atoms with van der Waals surface area (Å²) in [7, 11) is 0. The highest BCUT2D eigenvalue weighted by molar-refractivity contribution is 6.01. The Kier molecular flexibility index (Phi) is 4.12. The highest BCUT2D eigenvalue weighted by Gasteiger charge is 2.08. The molecule has 0 bridgehead atoms. The van der Waals surface area contributed by atoms with Gasteiger partial charge in [-0.1, -0.05) is 36.4 Å². The Morgan fingerprint density at radius 1 is 0.960 bits per heavy atom. The molecule has 0 radical (unpaired) electrons. The number of nitrogens with one attached hydrogen (secondary N) is 1. The van der Waals surface area contributed by atoms with Crippen LogP contribution in [-0.2, 0) is 6.54 Å². The Hall–Kier alpha value is -3.21. The molecule has 5 nitrogen and oxygen atoms in total. The summed E-state index contributed by atoms with van der Waals surface area (Å²) in [5.41, 5.74) is 3.65. The third-order valence-corrected chi connectivity index (χ3v) is 4.25. The number of aryl methyl sites for hydroxylation is 1. The van der Waals surface area contributed by atoms with Crippen molar-refractivity contribution < 1.29 is 4.79 Å². The molecule has 2 aromatic heterocycles. The highest BCUT2D eigenvalue weighted by atomic mass is 16.1. The molecule has 25 heavy (non-hydrogen) atoms. The van der Waals surface area contributed by atoms with E-state index in [0.717, 1.165) is 34.9 Å². The topological polar surface area (TPSA) is 59.8 Å². The van der Waals surface area contributed by atoms with Crippen LogP contribution in [0.25, 0.3) is 21.9 Å². The van der Waals surface area contributed by atoms with Gasteiger partial charge >= 0.3 is 0 Å². The number of imidazole rings is 1. The smallest absolute Gasteiger partial charge is 0.251 e. The number of hydrogen-bond donors (Lipinski definition) is 1. The first kappa shape index (κ1) is 15.3. The fraction of sp³-hybridized carbons (Fsp3) is 0.150. The number of hydrogen-bond acceptors (Lipinski definition) is 3. The predicted octanol–water partition coefficient (Wildman–Crippen LogP) is 3.40. The number of rotatable bonds is 5. The maximum Gasteiger partial charge on any atom is 0.251 e. The molecule has 5 heteroatoms. The number of amides is 1. The third kappa shape index (κ3) is 3.08. The number of nitrogens with zero attached hydrogens (tertiary/aromatic N) is 3. The summed E-state index contributed by atoms with van der Waals surface area (Å²) in [6, 6.07) is 17.3. The molecule has 0 saturated heterocycles. The number of fused-ring (bicyclic) bond motifs is 3. The van der Waals surface area contributed by atoms with E-state index in [1.807, 2.05) is 61.1 Å². The quantitative estimate of drug-likeness (QED) is 0.571. The van der Waals surface area contributed by atoms with E-state index in [2.05, 4.69) is 25.9 Å². The van der Waals surface area contributed by atoms with E-state index in [4.69, 9.17) is 0 Å². The van der Waals surface area contributed by atoms with E-state index in [9.17, 15) is 4.79 Å². The second-order valence-corrected chi connectivity index (χ2v) is 5.92. The average molecular weight is 330 g/mol. The van der Waals surface area contributed by atoms with Gasteiger partial charge in [-0.05, 0) is 24.6 Å². The van der Waals surface area contributed by atoms with E-state index in [-0.39, 0.29) is 5.91 Å². The predicted molar refractivity (Wildman–Crippen MR) is 98.4 cm³/mol. The Balaban J connectivity index is 1.45. The molecule has 0 aliphatic rings. The lowest BCUT2D eigenvalue weighted by Gasteiger charge is -2.08. The monoisotopic (exact) mass is 330 g/mol. The summed E-state index contributed by atoms with van der Waals surface area (Å²) >= 11 is 0. The van der Waals surface area contributed by atoms with Crippen LogP contribution >= 0.6 is 0 Å². The molecule has 1 amide bonds. The maximum atomic E-state index is 12.1. The summed E-state index contributed by atoms with van der Waals surface area (Å²) in [4.78, 5) is 20.9. The van der Waals surface area contributed by atoms with Gasteiger partial charge in [0.1, 0.15) is 5.52 Å². The lowest BCUT2D eigenvalue weighted by atomic mass is 10.2. The van der Waals surface area contributed by atoms with Crippen LogP contribution in [0.4, 0.5) is 0 Å². The second kappa shape index (κ2) is 6.73. The van der Waals surface area contributed by atoms with Gasteiger partial charge in [-0.15, -0.1) is 0 Å². The number of benzene rings is 2. The van der Waals surface area contributed by atoms with Crippen molar-refractivity contribution in [1.82, 2.24) is 19.9 Å². The van der Waals surface area contributed by atoms with Gasteiger partial charge in [-0.3, -0.25) is 9.78 Å². The van der Waals surface area contributed by atoms with E-state index in [1.165, 1.54) is 0 Å². The summed E-state index contributed by atoms with van der Waals surface area (Å²) in [5.74, 6) is -0.0364. The van der Waals surface area contributed by atoms with Crippen LogP contribution in [0.15, 0.2) is 67.1 Å². The largest absolute Gasteiger partial charge is 0.352 e. The molecule has 0 aliphatic carbocycles. The van der Waals surface area contributed by atoms with E-state index < -0.39 is 0 Å². The molecular weight excluding hydrogens is 312 g/mol. The molecular formula is C20H18N4O. The van der Waals surface area contributed by atoms with Crippen molar-refractivity contribution in [2.45, 2.75) is 13.0 Å². The van der Waals surface area contributed by atoms with Crippen molar-refractivity contribution in [3.63, 3.8) is 0 Å². The summed E-state index contributed by atoms with van der Waals surface area (Å²) in [5, 5.41) is 4.06. The molecule has 2 aromatic carbocycles. The minimum absolute atomic E-state index is 0.0364. The van der Waals surface area contributed by atoms with Crippen LogP contribution in [0.2, 0.25) is 0 Å². The molecule has 4 aromatic rings. The number of para-hydroxylation sites is 1. The molecule has 0 atom stereocenters. The number of aromatic nitrogens is 3. The van der Waals surface area contributed by atoms with Gasteiger partial charge in [0, 0.05) is 24.0 Å². The van der Waals surface area contributed by atoms with E-state index in [0.29, 0.717) is 12.1 Å². The Morgan fingerprint density at radius 2 is 1.76 bits per heavy atom. The van der Waals surface area contributed by atoms with Crippen LogP contribution in [0.1, 0.15) is 16.8 Å². The molecule has 1 N–H and O–H groups in total. The van der Waals surface area contributed by atoms with Crippen molar-refractivity contribution >= 4 is 27.8 Å². The van der Waals surface area contributed by atoms with Crippen LogP contribution in [0.5, 0.6) is 0 Å². The molecule has 0 fully saturated rings. The van der Waals surface area contributed by atoms with Crippen molar-refractivity contribution in [2.24, 2.45) is 0 Å². The molecule has 4 rings (SSSR count). The fourth-order valence-electron chi connectivity index (χ4n) is 3.01. The van der Waals surface area contributed by atoms with Gasteiger partial charge in [-0.25, -0.2) is 4.98 Å². The zero-order valence-corrected chi connectivity index (χ0v) is 13.7. The van der Waals surface area contributed by atoms with Crippen LogP contribution in [0, 0.1) is 0 Å². The standard InChI is InChI=1S/C20H18N4O/c25-20(15-7-2-1-3-8-15)21-11-6-12-24-14-23-18-13-22-17-10-5-4-9-16(17)19(18)24/h1-5,7-10,13-14H,6,11-12H2,(H,21,25). The first-order valence-corrected chi connectivity index (χ1v) is 8.35. The van der Waals surface area contributed by atoms with Gasteiger partial charge in [0.25, 0.3) is 5.91 Å². The van der Waals surface area contributed by atoms with Gasteiger partial charge in [0.15, 0.2) is 0 Å². The first-order chi connectivity index (χ1) is 12.3. The number of pyridine rings is 1. The fourth-order valence-corrected chi connectivity index (χ4v) is 3.01. The highest BCUT2D eigenvalue weighted by Crippen LogP contribution is 2.22. The Bertz CT molecular complexity index is 1020. The van der Waals surface area contributed by atoms with Gasteiger partial charge in [0.05, 0.1) is 23.6 Å². The minimum atomic E-state index is -0.0364. The van der Waals surface area contributed by atoms with Gasteiger partial charge < -0.3 is 9.88 Å². The molecule has 124 valence electrons. The summed E-state index contributed by atoms with van der Waals surface area (Å²) in [6.07, 6.45) is 4.49.